The fourth-order valence-electron chi connectivity index (χ4n) is 2.66. The molecule has 0 aromatic heterocycles. The topological polar surface area (TPSA) is 24.5 Å². The summed E-state index contributed by atoms with van der Waals surface area (Å²) in [5.41, 5.74) is 1.25. The van der Waals surface area contributed by atoms with Gasteiger partial charge in [-0.1, -0.05) is 30.3 Å². The largest absolute Gasteiger partial charge is 0.316 e. The van der Waals surface area contributed by atoms with Crippen molar-refractivity contribution < 1.29 is 4.84 Å². The van der Waals surface area contributed by atoms with E-state index in [1.807, 2.05) is 6.07 Å². The number of benzene rings is 1. The van der Waals surface area contributed by atoms with Gasteiger partial charge in [0, 0.05) is 13.1 Å². The van der Waals surface area contributed by atoms with Crippen LogP contribution in [0.1, 0.15) is 5.56 Å². The van der Waals surface area contributed by atoms with E-state index in [1.54, 1.807) is 0 Å². The number of hydrogen-bond acceptors (Lipinski definition) is 3. The Morgan fingerprint density at radius 2 is 1.67 bits per heavy atom. The van der Waals surface area contributed by atoms with Crippen LogP contribution in [0.4, 0.5) is 0 Å². The second-order valence-electron chi connectivity index (χ2n) is 4.78. The van der Waals surface area contributed by atoms with Gasteiger partial charge in [-0.3, -0.25) is 4.84 Å². The van der Waals surface area contributed by atoms with Gasteiger partial charge in [-0.05, 0) is 30.5 Å². The summed E-state index contributed by atoms with van der Waals surface area (Å²) >= 11 is 0. The number of nitrogens with one attached hydrogen (secondary N) is 1. The molecule has 5 heteroatoms. The third kappa shape index (κ3) is 3.59. The van der Waals surface area contributed by atoms with E-state index in [0.717, 1.165) is 38.0 Å². The van der Waals surface area contributed by atoms with Gasteiger partial charge in [-0.2, -0.15) is 5.06 Å². The number of hydroxylamine groups is 2. The van der Waals surface area contributed by atoms with Gasteiger partial charge >= 0.3 is 0 Å². The lowest BCUT2D eigenvalue weighted by atomic mass is 10.0. The minimum atomic E-state index is 0. The van der Waals surface area contributed by atoms with Crippen molar-refractivity contribution in [2.24, 2.45) is 11.8 Å². The van der Waals surface area contributed by atoms with Gasteiger partial charge in [0.15, 0.2) is 0 Å². The van der Waals surface area contributed by atoms with Crippen molar-refractivity contribution in [1.29, 1.82) is 0 Å². The van der Waals surface area contributed by atoms with E-state index in [1.165, 1.54) is 5.56 Å². The molecule has 0 bridgehead atoms. The Hall–Kier alpha value is -0.320. The van der Waals surface area contributed by atoms with Crippen molar-refractivity contribution in [3.63, 3.8) is 0 Å². The van der Waals surface area contributed by atoms with E-state index in [4.69, 9.17) is 4.84 Å². The maximum absolute atomic E-state index is 5.83. The minimum absolute atomic E-state index is 0. The summed E-state index contributed by atoms with van der Waals surface area (Å²) in [6, 6.07) is 10.4. The van der Waals surface area contributed by atoms with Gasteiger partial charge in [0.2, 0.25) is 0 Å². The van der Waals surface area contributed by atoms with Gasteiger partial charge < -0.3 is 5.32 Å². The van der Waals surface area contributed by atoms with Crippen LogP contribution in [0.5, 0.6) is 0 Å². The summed E-state index contributed by atoms with van der Waals surface area (Å²) in [4.78, 5) is 5.83. The second kappa shape index (κ2) is 7.31. The fourth-order valence-corrected chi connectivity index (χ4v) is 2.66. The molecule has 0 spiro atoms. The molecule has 1 aromatic rings. The fraction of sp³-hybridized carbons (Fsp3) is 0.538. The molecular formula is C13H20Cl2N2O. The molecule has 2 aliphatic rings. The Labute approximate surface area is 121 Å². The monoisotopic (exact) mass is 290 g/mol. The zero-order valence-corrected chi connectivity index (χ0v) is 11.9. The van der Waals surface area contributed by atoms with E-state index in [9.17, 15) is 0 Å². The van der Waals surface area contributed by atoms with E-state index < -0.39 is 0 Å². The van der Waals surface area contributed by atoms with Crippen molar-refractivity contribution in [3.8, 4) is 0 Å². The molecule has 1 aromatic carbocycles. The zero-order chi connectivity index (χ0) is 10.8. The smallest absolute Gasteiger partial charge is 0.0935 e. The van der Waals surface area contributed by atoms with E-state index in [0.29, 0.717) is 6.61 Å². The van der Waals surface area contributed by atoms with Crippen LogP contribution in [0.3, 0.4) is 0 Å². The Morgan fingerprint density at radius 1 is 1.06 bits per heavy atom. The molecule has 102 valence electrons. The predicted octanol–water partition coefficient (Wildman–Crippen LogP) is 2.11. The Kier molecular flexibility index (Phi) is 6.39. The van der Waals surface area contributed by atoms with Crippen molar-refractivity contribution in [1.82, 2.24) is 10.4 Å². The third-order valence-corrected chi connectivity index (χ3v) is 3.61. The Morgan fingerprint density at radius 3 is 2.28 bits per heavy atom. The normalized spacial score (nSPS) is 26.2. The summed E-state index contributed by atoms with van der Waals surface area (Å²) in [6.45, 7) is 5.20. The van der Waals surface area contributed by atoms with Gasteiger partial charge in [0.25, 0.3) is 0 Å². The quantitative estimate of drug-likeness (QED) is 0.923. The van der Waals surface area contributed by atoms with Crippen LogP contribution in [0.2, 0.25) is 0 Å². The van der Waals surface area contributed by atoms with E-state index in [2.05, 4.69) is 34.6 Å². The van der Waals surface area contributed by atoms with Crippen LogP contribution in [-0.4, -0.2) is 31.2 Å². The second-order valence-corrected chi connectivity index (χ2v) is 4.78. The highest BCUT2D eigenvalue weighted by atomic mass is 35.5. The lowest BCUT2D eigenvalue weighted by Gasteiger charge is -2.16. The van der Waals surface area contributed by atoms with Gasteiger partial charge in [0.1, 0.15) is 0 Å². The predicted molar refractivity (Wildman–Crippen MR) is 77.1 cm³/mol. The molecule has 2 fully saturated rings. The van der Waals surface area contributed by atoms with E-state index in [-0.39, 0.29) is 24.8 Å². The molecule has 3 rings (SSSR count). The average molecular weight is 291 g/mol. The molecule has 2 atom stereocenters. The van der Waals surface area contributed by atoms with Gasteiger partial charge in [-0.15, -0.1) is 24.8 Å². The first-order chi connectivity index (χ1) is 7.92. The maximum atomic E-state index is 5.83. The highest BCUT2D eigenvalue weighted by molar-refractivity contribution is 5.85. The van der Waals surface area contributed by atoms with Crippen molar-refractivity contribution in [2.45, 2.75) is 6.61 Å². The Balaban J connectivity index is 0.000000810. The molecule has 3 nitrogen and oxygen atoms in total. The number of rotatable bonds is 3. The molecular weight excluding hydrogens is 271 g/mol. The molecule has 1 N–H and O–H groups in total. The molecule has 2 saturated heterocycles. The molecule has 0 radical (unpaired) electrons. The van der Waals surface area contributed by atoms with Crippen LogP contribution in [-0.2, 0) is 11.4 Å². The molecule has 0 aliphatic carbocycles. The third-order valence-electron chi connectivity index (χ3n) is 3.61. The summed E-state index contributed by atoms with van der Waals surface area (Å²) in [7, 11) is 0. The summed E-state index contributed by atoms with van der Waals surface area (Å²) in [5.74, 6) is 1.60. The number of halogens is 2. The summed E-state index contributed by atoms with van der Waals surface area (Å²) in [5, 5.41) is 5.58. The highest BCUT2D eigenvalue weighted by Gasteiger charge is 2.36. The van der Waals surface area contributed by atoms with Gasteiger partial charge in [0.05, 0.1) is 6.61 Å². The summed E-state index contributed by atoms with van der Waals surface area (Å²) in [6.07, 6.45) is 0. The molecule has 0 amide bonds. The molecule has 0 unspecified atom stereocenters. The lowest BCUT2D eigenvalue weighted by Crippen LogP contribution is -2.25. The average Bonchev–Trinajstić information content (AvgIpc) is 2.88. The first kappa shape index (κ1) is 15.7. The van der Waals surface area contributed by atoms with E-state index >= 15 is 0 Å². The Bertz CT molecular complexity index is 338. The van der Waals surface area contributed by atoms with Crippen molar-refractivity contribution in [3.05, 3.63) is 35.9 Å². The molecule has 2 aliphatic heterocycles. The zero-order valence-electron chi connectivity index (χ0n) is 10.2. The van der Waals surface area contributed by atoms with Crippen LogP contribution in [0.25, 0.3) is 0 Å². The van der Waals surface area contributed by atoms with Gasteiger partial charge in [-0.25, -0.2) is 0 Å². The van der Waals surface area contributed by atoms with Crippen LogP contribution in [0.15, 0.2) is 30.3 Å². The standard InChI is InChI=1S/C13H18N2O.2ClH/c1-2-4-11(5-3-1)10-16-15-8-12-6-14-7-13(12)9-15;;/h1-5,12-14H,6-10H2;2*1H/t12-,13+;;. The SMILES string of the molecule is Cl.Cl.c1ccc(CON2C[C@H]3CNC[C@H]3C2)cc1. The summed E-state index contributed by atoms with van der Waals surface area (Å²) < 4.78 is 0. The van der Waals surface area contributed by atoms with Crippen LogP contribution < -0.4 is 5.32 Å². The first-order valence-electron chi connectivity index (χ1n) is 6.04. The van der Waals surface area contributed by atoms with Crippen LogP contribution in [0, 0.1) is 11.8 Å². The highest BCUT2D eigenvalue weighted by Crippen LogP contribution is 2.26. The number of hydrogen-bond donors (Lipinski definition) is 1. The minimum Gasteiger partial charge on any atom is -0.316 e. The van der Waals surface area contributed by atoms with Crippen molar-refractivity contribution >= 4 is 24.8 Å². The number of nitrogens with zero attached hydrogens (tertiary/aromatic N) is 1. The number of fused-ring (bicyclic) bond motifs is 1. The maximum Gasteiger partial charge on any atom is 0.0935 e. The molecule has 18 heavy (non-hydrogen) atoms. The lowest BCUT2D eigenvalue weighted by molar-refractivity contribution is -0.158. The van der Waals surface area contributed by atoms with Crippen LogP contribution >= 0.6 is 24.8 Å². The molecule has 2 heterocycles. The van der Waals surface area contributed by atoms with Crippen molar-refractivity contribution in [2.75, 3.05) is 26.2 Å². The molecule has 0 saturated carbocycles. The first-order valence-corrected chi connectivity index (χ1v) is 6.04.